The molecule has 0 saturated carbocycles. The molecule has 1 aromatic carbocycles. The average Bonchev–Trinajstić information content (AvgIpc) is 2.66. The molecule has 156 valence electrons. The Kier molecular flexibility index (Phi) is 6.91. The number of nitrogens with zero attached hydrogens (tertiary/aromatic N) is 3. The molecule has 2 aromatic rings. The molecule has 0 atom stereocenters. The summed E-state index contributed by atoms with van der Waals surface area (Å²) in [6, 6.07) is 16.8. The van der Waals surface area contributed by atoms with Gasteiger partial charge in [-0.3, -0.25) is 9.88 Å². The van der Waals surface area contributed by atoms with Crippen LogP contribution < -0.4 is 5.32 Å². The summed E-state index contributed by atoms with van der Waals surface area (Å²) in [6.07, 6.45) is 1.96. The van der Waals surface area contributed by atoms with Crippen molar-refractivity contribution in [1.82, 2.24) is 20.1 Å². The van der Waals surface area contributed by atoms with Crippen molar-refractivity contribution in [3.8, 4) is 0 Å². The molecule has 0 unspecified atom stereocenters. The van der Waals surface area contributed by atoms with Crippen LogP contribution in [-0.2, 0) is 13.1 Å². The zero-order valence-corrected chi connectivity index (χ0v) is 18.2. The van der Waals surface area contributed by atoms with E-state index in [1.807, 2.05) is 50.8 Å². The van der Waals surface area contributed by atoms with E-state index in [9.17, 15) is 4.79 Å². The van der Waals surface area contributed by atoms with Crippen molar-refractivity contribution in [3.05, 3.63) is 65.5 Å². The van der Waals surface area contributed by atoms with Gasteiger partial charge in [0.15, 0.2) is 0 Å². The summed E-state index contributed by atoms with van der Waals surface area (Å²) in [5.74, 6) is 0. The minimum Gasteiger partial charge on any atom is -0.333 e. The van der Waals surface area contributed by atoms with Crippen LogP contribution >= 0.6 is 0 Å². The Bertz CT molecular complexity index is 792. The summed E-state index contributed by atoms with van der Waals surface area (Å²) in [5.41, 5.74) is 3.01. The number of carbonyl (C=O) groups excluding carboxylic acids is 1. The first-order chi connectivity index (χ1) is 13.8. The monoisotopic (exact) mass is 394 g/mol. The number of aromatic nitrogens is 1. The van der Waals surface area contributed by atoms with Crippen molar-refractivity contribution in [2.45, 2.75) is 65.2 Å². The van der Waals surface area contributed by atoms with Crippen LogP contribution in [0.15, 0.2) is 48.5 Å². The van der Waals surface area contributed by atoms with Gasteiger partial charge in [0.1, 0.15) is 0 Å². The van der Waals surface area contributed by atoms with Gasteiger partial charge in [0.2, 0.25) is 0 Å². The summed E-state index contributed by atoms with van der Waals surface area (Å²) >= 11 is 0. The third kappa shape index (κ3) is 6.57. The van der Waals surface area contributed by atoms with E-state index in [1.165, 1.54) is 5.56 Å². The maximum Gasteiger partial charge on any atom is 0.318 e. The van der Waals surface area contributed by atoms with Crippen LogP contribution in [0.1, 0.15) is 50.6 Å². The molecule has 0 bridgehead atoms. The molecule has 2 heterocycles. The molecule has 1 N–H and O–H groups in total. The predicted octanol–water partition coefficient (Wildman–Crippen LogP) is 4.36. The summed E-state index contributed by atoms with van der Waals surface area (Å²) < 4.78 is 0. The molecule has 5 nitrogen and oxygen atoms in total. The molecular weight excluding hydrogens is 360 g/mol. The average molecular weight is 395 g/mol. The lowest BCUT2D eigenvalue weighted by Gasteiger charge is -2.39. The van der Waals surface area contributed by atoms with Gasteiger partial charge < -0.3 is 10.2 Å². The Balaban J connectivity index is 1.66. The van der Waals surface area contributed by atoms with Crippen LogP contribution in [0.4, 0.5) is 4.79 Å². The Morgan fingerprint density at radius 3 is 2.41 bits per heavy atom. The summed E-state index contributed by atoms with van der Waals surface area (Å²) in [7, 11) is 0. The van der Waals surface area contributed by atoms with Gasteiger partial charge in [-0.15, -0.1) is 0 Å². The van der Waals surface area contributed by atoms with Gasteiger partial charge in [0.25, 0.3) is 0 Å². The minimum atomic E-state index is -0.261. The van der Waals surface area contributed by atoms with Crippen molar-refractivity contribution in [3.63, 3.8) is 0 Å². The van der Waals surface area contributed by atoms with Crippen molar-refractivity contribution >= 4 is 6.03 Å². The molecule has 1 saturated heterocycles. The Labute approximate surface area is 175 Å². The number of rotatable bonds is 5. The molecule has 0 spiro atoms. The van der Waals surface area contributed by atoms with Crippen LogP contribution in [0.5, 0.6) is 0 Å². The van der Waals surface area contributed by atoms with Gasteiger partial charge in [0.05, 0.1) is 12.2 Å². The number of likely N-dealkylation sites (tertiary alicyclic amines) is 1. The van der Waals surface area contributed by atoms with Gasteiger partial charge in [-0.1, -0.05) is 36.4 Å². The molecule has 1 aliphatic heterocycles. The maximum absolute atomic E-state index is 13.1. The molecule has 1 fully saturated rings. The predicted molar refractivity (Wildman–Crippen MR) is 118 cm³/mol. The normalized spacial score (nSPS) is 15.9. The van der Waals surface area contributed by atoms with Crippen LogP contribution in [0.25, 0.3) is 0 Å². The number of aryl methyl sites for hydroxylation is 1. The number of hydrogen-bond acceptors (Lipinski definition) is 3. The highest BCUT2D eigenvalue weighted by Crippen LogP contribution is 2.21. The second kappa shape index (κ2) is 9.40. The molecule has 5 heteroatoms. The van der Waals surface area contributed by atoms with E-state index in [0.29, 0.717) is 6.54 Å². The molecule has 2 amide bonds. The first-order valence-corrected chi connectivity index (χ1v) is 10.6. The largest absolute Gasteiger partial charge is 0.333 e. The van der Waals surface area contributed by atoms with E-state index in [1.54, 1.807) is 0 Å². The second-order valence-electron chi connectivity index (χ2n) is 9.07. The number of carbonyl (C=O) groups is 1. The molecule has 3 rings (SSSR count). The third-order valence-electron chi connectivity index (χ3n) is 5.27. The van der Waals surface area contributed by atoms with E-state index >= 15 is 0 Å². The fourth-order valence-electron chi connectivity index (χ4n) is 3.85. The van der Waals surface area contributed by atoms with Gasteiger partial charge in [0, 0.05) is 36.9 Å². The molecule has 0 radical (unpaired) electrons. The van der Waals surface area contributed by atoms with E-state index in [-0.39, 0.29) is 17.6 Å². The van der Waals surface area contributed by atoms with Gasteiger partial charge >= 0.3 is 6.03 Å². The van der Waals surface area contributed by atoms with Crippen LogP contribution in [-0.4, -0.2) is 45.5 Å². The van der Waals surface area contributed by atoms with Crippen molar-refractivity contribution in [2.24, 2.45) is 0 Å². The molecule has 0 aliphatic carbocycles. The van der Waals surface area contributed by atoms with E-state index < -0.39 is 0 Å². The van der Waals surface area contributed by atoms with Crippen molar-refractivity contribution in [2.75, 3.05) is 13.1 Å². The van der Waals surface area contributed by atoms with E-state index in [0.717, 1.165) is 43.9 Å². The number of urea groups is 1. The Hall–Kier alpha value is -2.40. The molecule has 1 aliphatic rings. The first kappa shape index (κ1) is 21.3. The highest BCUT2D eigenvalue weighted by atomic mass is 16.2. The molecular formula is C24H34N4O. The topological polar surface area (TPSA) is 48.5 Å². The standard InChI is InChI=1S/C24H34N4O/c1-19-9-8-12-21(25-19)18-28(23(29)26-24(2,3)4)22-13-15-27(16-14-22)17-20-10-6-5-7-11-20/h5-12,22H,13-18H2,1-4H3,(H,26,29). The summed E-state index contributed by atoms with van der Waals surface area (Å²) in [6.45, 7) is 11.6. The van der Waals surface area contributed by atoms with Crippen LogP contribution in [0.2, 0.25) is 0 Å². The zero-order valence-electron chi connectivity index (χ0n) is 18.2. The summed E-state index contributed by atoms with van der Waals surface area (Å²) in [4.78, 5) is 22.2. The number of hydrogen-bond donors (Lipinski definition) is 1. The fraction of sp³-hybridized carbons (Fsp3) is 0.500. The first-order valence-electron chi connectivity index (χ1n) is 10.6. The Morgan fingerprint density at radius 2 is 1.79 bits per heavy atom. The van der Waals surface area contributed by atoms with Gasteiger partial charge in [-0.2, -0.15) is 0 Å². The van der Waals surface area contributed by atoms with Crippen LogP contribution in [0.3, 0.4) is 0 Å². The highest BCUT2D eigenvalue weighted by Gasteiger charge is 2.30. The Morgan fingerprint density at radius 1 is 1.10 bits per heavy atom. The molecule has 29 heavy (non-hydrogen) atoms. The maximum atomic E-state index is 13.1. The minimum absolute atomic E-state index is 0.00214. The van der Waals surface area contributed by atoms with Crippen LogP contribution in [0, 0.1) is 6.92 Å². The highest BCUT2D eigenvalue weighted by molar-refractivity contribution is 5.75. The van der Waals surface area contributed by atoms with Crippen molar-refractivity contribution in [1.29, 1.82) is 0 Å². The summed E-state index contributed by atoms with van der Waals surface area (Å²) in [5, 5.41) is 3.15. The number of pyridine rings is 1. The van der Waals surface area contributed by atoms with E-state index in [4.69, 9.17) is 0 Å². The number of piperidine rings is 1. The zero-order chi connectivity index (χ0) is 20.9. The lowest BCUT2D eigenvalue weighted by molar-refractivity contribution is 0.109. The van der Waals surface area contributed by atoms with Crippen molar-refractivity contribution < 1.29 is 4.79 Å². The third-order valence-corrected chi connectivity index (χ3v) is 5.27. The second-order valence-corrected chi connectivity index (χ2v) is 9.07. The van der Waals surface area contributed by atoms with E-state index in [2.05, 4.69) is 45.5 Å². The fourth-order valence-corrected chi connectivity index (χ4v) is 3.85. The SMILES string of the molecule is Cc1cccc(CN(C(=O)NC(C)(C)C)C2CCN(Cc3ccccc3)CC2)n1. The lowest BCUT2D eigenvalue weighted by atomic mass is 10.0. The number of benzene rings is 1. The number of nitrogens with one attached hydrogen (secondary N) is 1. The lowest BCUT2D eigenvalue weighted by Crippen LogP contribution is -2.54. The van der Waals surface area contributed by atoms with Gasteiger partial charge in [-0.05, 0) is 58.2 Å². The smallest absolute Gasteiger partial charge is 0.318 e. The molecule has 1 aromatic heterocycles. The van der Waals surface area contributed by atoms with Gasteiger partial charge in [-0.25, -0.2) is 4.79 Å². The quantitative estimate of drug-likeness (QED) is 0.819. The number of amides is 2.